The number of thiocarbonyl (C=S) groups is 1. The van der Waals surface area contributed by atoms with Crippen molar-refractivity contribution in [2.45, 2.75) is 12.5 Å². The highest BCUT2D eigenvalue weighted by molar-refractivity contribution is 8.26. The average Bonchev–Trinajstić information content (AvgIpc) is 3.21. The van der Waals surface area contributed by atoms with E-state index in [9.17, 15) is 14.7 Å². The molecule has 1 aromatic heterocycles. The van der Waals surface area contributed by atoms with Gasteiger partial charge in [0.25, 0.3) is 5.91 Å². The van der Waals surface area contributed by atoms with Gasteiger partial charge in [-0.15, -0.1) is 0 Å². The van der Waals surface area contributed by atoms with Crippen molar-refractivity contribution >= 4 is 81.2 Å². The van der Waals surface area contributed by atoms with E-state index >= 15 is 0 Å². The summed E-state index contributed by atoms with van der Waals surface area (Å²) in [5.41, 5.74) is 0.561. The molecule has 152 valence electrons. The zero-order valence-corrected chi connectivity index (χ0v) is 19.0. The third-order valence-electron chi connectivity index (χ3n) is 4.12. The summed E-state index contributed by atoms with van der Waals surface area (Å²) in [6, 6.07) is 7.55. The van der Waals surface area contributed by atoms with E-state index in [2.05, 4.69) is 0 Å². The highest BCUT2D eigenvalue weighted by Crippen LogP contribution is 2.38. The SMILES string of the molecule is CSCCC(C(=O)O)N1C(=O)/C(=C\c2ccc(-c3c(Cl)cccc3Cl)o2)SC1=S. The standard InChI is InChI=1S/C19H15Cl2NO4S3/c1-28-8-7-13(18(24)25)22-17(23)15(29-19(22)27)9-10-5-6-14(26-10)16-11(20)3-2-4-12(16)21/h2-6,9,13H,7-8H2,1H3,(H,24,25)/b15-9+. The van der Waals surface area contributed by atoms with Gasteiger partial charge in [0.05, 0.1) is 20.5 Å². The topological polar surface area (TPSA) is 70.8 Å². The Balaban J connectivity index is 1.87. The lowest BCUT2D eigenvalue weighted by molar-refractivity contribution is -0.145. The molecule has 1 aliphatic heterocycles. The highest BCUT2D eigenvalue weighted by atomic mass is 35.5. The summed E-state index contributed by atoms with van der Waals surface area (Å²) in [4.78, 5) is 25.9. The Morgan fingerprint density at radius 3 is 2.66 bits per heavy atom. The fraction of sp³-hybridized carbons (Fsp3) is 0.211. The van der Waals surface area contributed by atoms with Crippen molar-refractivity contribution in [3.8, 4) is 11.3 Å². The molecule has 1 saturated heterocycles. The number of amides is 1. The van der Waals surface area contributed by atoms with Gasteiger partial charge in [0, 0.05) is 6.08 Å². The minimum Gasteiger partial charge on any atom is -0.480 e. The van der Waals surface area contributed by atoms with Crippen molar-refractivity contribution in [2.24, 2.45) is 0 Å². The molecule has 0 bridgehead atoms. The minimum absolute atomic E-state index is 0.218. The smallest absolute Gasteiger partial charge is 0.326 e. The van der Waals surface area contributed by atoms with Crippen LogP contribution < -0.4 is 0 Å². The van der Waals surface area contributed by atoms with Gasteiger partial charge in [-0.1, -0.05) is 53.2 Å². The van der Waals surface area contributed by atoms with Crippen LogP contribution in [-0.2, 0) is 9.59 Å². The maximum Gasteiger partial charge on any atom is 0.326 e. The van der Waals surface area contributed by atoms with Gasteiger partial charge >= 0.3 is 5.97 Å². The van der Waals surface area contributed by atoms with E-state index in [1.807, 2.05) is 6.26 Å². The number of carboxylic acids is 1. The Kier molecular flexibility index (Phi) is 7.34. The van der Waals surface area contributed by atoms with E-state index in [-0.39, 0.29) is 4.32 Å². The minimum atomic E-state index is -1.08. The summed E-state index contributed by atoms with van der Waals surface area (Å²) in [6.45, 7) is 0. The lowest BCUT2D eigenvalue weighted by Gasteiger charge is -2.22. The van der Waals surface area contributed by atoms with E-state index in [1.165, 1.54) is 16.7 Å². The molecule has 1 N–H and O–H groups in total. The second-order valence-electron chi connectivity index (χ2n) is 5.99. The molecule has 0 radical (unpaired) electrons. The van der Waals surface area contributed by atoms with Crippen molar-refractivity contribution in [1.29, 1.82) is 0 Å². The van der Waals surface area contributed by atoms with Gasteiger partial charge in [-0.05, 0) is 42.7 Å². The first kappa shape index (κ1) is 22.2. The highest BCUT2D eigenvalue weighted by Gasteiger charge is 2.40. The quantitative estimate of drug-likeness (QED) is 0.398. The molecule has 3 rings (SSSR count). The molecule has 0 aliphatic carbocycles. The van der Waals surface area contributed by atoms with Gasteiger partial charge in [0.1, 0.15) is 21.9 Å². The molecule has 0 spiro atoms. The van der Waals surface area contributed by atoms with Gasteiger partial charge in [-0.2, -0.15) is 11.8 Å². The number of benzene rings is 1. The number of hydrogen-bond acceptors (Lipinski definition) is 6. The summed E-state index contributed by atoms with van der Waals surface area (Å²) >= 11 is 20.3. The Morgan fingerprint density at radius 2 is 2.03 bits per heavy atom. The molecule has 1 aliphatic rings. The van der Waals surface area contributed by atoms with E-state index in [0.29, 0.717) is 44.2 Å². The lowest BCUT2D eigenvalue weighted by Crippen LogP contribution is -2.44. The van der Waals surface area contributed by atoms with Crippen molar-refractivity contribution in [3.05, 3.63) is 51.0 Å². The first-order chi connectivity index (χ1) is 13.8. The zero-order valence-electron chi connectivity index (χ0n) is 15.1. The number of carbonyl (C=O) groups excluding carboxylic acids is 1. The van der Waals surface area contributed by atoms with Crippen LogP contribution in [0.5, 0.6) is 0 Å². The Bertz CT molecular complexity index is 985. The number of thioether (sulfide) groups is 2. The van der Waals surface area contributed by atoms with Gasteiger partial charge < -0.3 is 9.52 Å². The number of nitrogens with zero attached hydrogens (tertiary/aromatic N) is 1. The first-order valence-electron chi connectivity index (χ1n) is 8.36. The zero-order chi connectivity index (χ0) is 21.1. The number of rotatable bonds is 7. The summed E-state index contributed by atoms with van der Waals surface area (Å²) in [6.07, 6.45) is 3.73. The van der Waals surface area contributed by atoms with E-state index < -0.39 is 17.9 Å². The number of halogens is 2. The monoisotopic (exact) mass is 487 g/mol. The summed E-state index contributed by atoms with van der Waals surface area (Å²) in [5, 5.41) is 10.4. The molecule has 1 atom stereocenters. The normalized spacial score (nSPS) is 16.7. The third-order valence-corrected chi connectivity index (χ3v) is 6.73. The molecule has 2 aromatic rings. The van der Waals surface area contributed by atoms with Gasteiger partial charge in [0.15, 0.2) is 0 Å². The first-order valence-corrected chi connectivity index (χ1v) is 11.7. The van der Waals surface area contributed by atoms with Gasteiger partial charge in [0.2, 0.25) is 0 Å². The average molecular weight is 488 g/mol. The van der Waals surface area contributed by atoms with Crippen molar-refractivity contribution in [1.82, 2.24) is 4.90 Å². The van der Waals surface area contributed by atoms with Crippen molar-refractivity contribution in [3.63, 3.8) is 0 Å². The molecule has 1 aromatic carbocycles. The van der Waals surface area contributed by atoms with Crippen LogP contribution in [0, 0.1) is 0 Å². The van der Waals surface area contributed by atoms with Gasteiger partial charge in [-0.3, -0.25) is 9.69 Å². The Labute approximate surface area is 191 Å². The molecular weight excluding hydrogens is 473 g/mol. The molecule has 10 heteroatoms. The van der Waals surface area contributed by atoms with E-state index in [4.69, 9.17) is 39.8 Å². The Morgan fingerprint density at radius 1 is 1.34 bits per heavy atom. The number of hydrogen-bond donors (Lipinski definition) is 1. The molecular formula is C19H15Cl2NO4S3. The predicted octanol–water partition coefficient (Wildman–Crippen LogP) is 5.66. The van der Waals surface area contributed by atoms with Crippen LogP contribution in [0.25, 0.3) is 17.4 Å². The summed E-state index contributed by atoms with van der Waals surface area (Å²) in [5.74, 6) is -0.0432. The van der Waals surface area contributed by atoms with Crippen molar-refractivity contribution < 1.29 is 19.1 Å². The molecule has 1 fully saturated rings. The fourth-order valence-electron chi connectivity index (χ4n) is 2.77. The third kappa shape index (κ3) is 4.83. The molecule has 0 saturated carbocycles. The lowest BCUT2D eigenvalue weighted by atomic mass is 10.2. The molecule has 1 unspecified atom stereocenters. The van der Waals surface area contributed by atoms with E-state index in [0.717, 1.165) is 11.8 Å². The van der Waals surface area contributed by atoms with E-state index in [1.54, 1.807) is 36.4 Å². The largest absolute Gasteiger partial charge is 0.480 e. The number of carbonyl (C=O) groups is 2. The van der Waals surface area contributed by atoms with Crippen LogP contribution in [-0.4, -0.2) is 44.3 Å². The second-order valence-corrected chi connectivity index (χ2v) is 9.46. The summed E-state index contributed by atoms with van der Waals surface area (Å²) in [7, 11) is 0. The molecule has 29 heavy (non-hydrogen) atoms. The van der Waals surface area contributed by atoms with Crippen LogP contribution in [0.2, 0.25) is 10.0 Å². The second kappa shape index (κ2) is 9.57. The fourth-order valence-corrected chi connectivity index (χ4v) is 5.15. The van der Waals surface area contributed by atoms with Crippen LogP contribution in [0.4, 0.5) is 0 Å². The van der Waals surface area contributed by atoms with Gasteiger partial charge in [-0.25, -0.2) is 4.79 Å². The van der Waals surface area contributed by atoms with Crippen LogP contribution >= 0.6 is 58.9 Å². The number of furan rings is 1. The summed E-state index contributed by atoms with van der Waals surface area (Å²) < 4.78 is 6.01. The maximum atomic E-state index is 12.8. The Hall–Kier alpha value is -1.45. The van der Waals surface area contributed by atoms with Crippen LogP contribution in [0.3, 0.4) is 0 Å². The van der Waals surface area contributed by atoms with Crippen LogP contribution in [0.15, 0.2) is 39.7 Å². The molecule has 1 amide bonds. The molecule has 2 heterocycles. The molecule has 5 nitrogen and oxygen atoms in total. The van der Waals surface area contributed by atoms with Crippen LogP contribution in [0.1, 0.15) is 12.2 Å². The predicted molar refractivity (Wildman–Crippen MR) is 124 cm³/mol. The maximum absolute atomic E-state index is 12.8. The van der Waals surface area contributed by atoms with Crippen molar-refractivity contribution in [2.75, 3.05) is 12.0 Å². The number of carboxylic acid groups (broad SMARTS) is 1. The number of aliphatic carboxylic acids is 1.